The first-order valence-electron chi connectivity index (χ1n) is 4.91. The summed E-state index contributed by atoms with van der Waals surface area (Å²) in [5, 5.41) is 0. The van der Waals surface area contributed by atoms with Crippen molar-refractivity contribution in [2.45, 2.75) is 6.54 Å². The van der Waals surface area contributed by atoms with Crippen molar-refractivity contribution in [3.05, 3.63) is 47.9 Å². The van der Waals surface area contributed by atoms with Gasteiger partial charge in [0.15, 0.2) is 0 Å². The van der Waals surface area contributed by atoms with Gasteiger partial charge in [0.2, 0.25) is 0 Å². The molecule has 82 valence electrons. The van der Waals surface area contributed by atoms with Crippen molar-refractivity contribution in [1.29, 1.82) is 0 Å². The average Bonchev–Trinajstić information content (AvgIpc) is 2.28. The summed E-state index contributed by atoms with van der Waals surface area (Å²) in [6.07, 6.45) is 1.62. The number of hydrogen-bond acceptors (Lipinski definition) is 3. The van der Waals surface area contributed by atoms with Crippen LogP contribution in [0.15, 0.2) is 36.5 Å². The van der Waals surface area contributed by atoms with E-state index >= 15 is 0 Å². The minimum absolute atomic E-state index is 0.289. The molecule has 0 aliphatic carbocycles. The summed E-state index contributed by atoms with van der Waals surface area (Å²) in [7, 11) is 0. The molecule has 0 spiro atoms. The number of anilines is 1. The van der Waals surface area contributed by atoms with E-state index in [4.69, 9.17) is 11.5 Å². The number of halogens is 1. The molecule has 0 aliphatic heterocycles. The first kappa shape index (κ1) is 10.6. The lowest BCUT2D eigenvalue weighted by atomic mass is 10.1. The van der Waals surface area contributed by atoms with Gasteiger partial charge in [0.1, 0.15) is 5.82 Å². The van der Waals surface area contributed by atoms with Crippen molar-refractivity contribution in [3.8, 4) is 11.3 Å². The lowest BCUT2D eigenvalue weighted by Gasteiger charge is -2.06. The SMILES string of the molecule is NCc1cc(F)cc(-c2ncccc2N)c1. The second kappa shape index (κ2) is 4.28. The summed E-state index contributed by atoms with van der Waals surface area (Å²) in [6.45, 7) is 0.289. The molecule has 1 aromatic carbocycles. The molecule has 0 saturated carbocycles. The number of rotatable bonds is 2. The predicted octanol–water partition coefficient (Wildman–Crippen LogP) is 1.93. The first-order valence-corrected chi connectivity index (χ1v) is 4.91. The molecule has 1 heterocycles. The second-order valence-corrected chi connectivity index (χ2v) is 3.49. The third-order valence-electron chi connectivity index (χ3n) is 2.31. The van der Waals surface area contributed by atoms with Crippen LogP contribution in [0.3, 0.4) is 0 Å². The van der Waals surface area contributed by atoms with Crippen LogP contribution in [0.1, 0.15) is 5.56 Å². The van der Waals surface area contributed by atoms with E-state index in [0.29, 0.717) is 16.9 Å². The van der Waals surface area contributed by atoms with Gasteiger partial charge in [0, 0.05) is 18.3 Å². The van der Waals surface area contributed by atoms with E-state index in [1.54, 1.807) is 24.4 Å². The monoisotopic (exact) mass is 217 g/mol. The van der Waals surface area contributed by atoms with Crippen molar-refractivity contribution in [3.63, 3.8) is 0 Å². The van der Waals surface area contributed by atoms with Gasteiger partial charge in [-0.1, -0.05) is 0 Å². The van der Waals surface area contributed by atoms with Crippen LogP contribution in [0.4, 0.5) is 10.1 Å². The average molecular weight is 217 g/mol. The van der Waals surface area contributed by atoms with Gasteiger partial charge in [0.25, 0.3) is 0 Å². The van der Waals surface area contributed by atoms with Crippen LogP contribution in [0.25, 0.3) is 11.3 Å². The second-order valence-electron chi connectivity index (χ2n) is 3.49. The minimum atomic E-state index is -0.331. The van der Waals surface area contributed by atoms with Gasteiger partial charge < -0.3 is 11.5 Å². The fourth-order valence-electron chi connectivity index (χ4n) is 1.56. The number of aromatic nitrogens is 1. The van der Waals surface area contributed by atoms with E-state index < -0.39 is 0 Å². The molecule has 0 aliphatic rings. The summed E-state index contributed by atoms with van der Waals surface area (Å²) in [5.74, 6) is -0.331. The van der Waals surface area contributed by atoms with Crippen LogP contribution < -0.4 is 11.5 Å². The highest BCUT2D eigenvalue weighted by atomic mass is 19.1. The molecule has 1 aromatic heterocycles. The molecule has 3 nitrogen and oxygen atoms in total. The zero-order valence-electron chi connectivity index (χ0n) is 8.65. The van der Waals surface area contributed by atoms with E-state index in [-0.39, 0.29) is 12.4 Å². The fourth-order valence-corrected chi connectivity index (χ4v) is 1.56. The third-order valence-corrected chi connectivity index (χ3v) is 2.31. The molecule has 16 heavy (non-hydrogen) atoms. The molecular weight excluding hydrogens is 205 g/mol. The Labute approximate surface area is 92.9 Å². The maximum Gasteiger partial charge on any atom is 0.124 e. The zero-order valence-corrected chi connectivity index (χ0v) is 8.65. The first-order chi connectivity index (χ1) is 7.70. The standard InChI is InChI=1S/C12H12FN3/c13-10-5-8(7-14)4-9(6-10)12-11(15)2-1-3-16-12/h1-6H,7,14-15H2. The number of nitrogens with two attached hydrogens (primary N) is 2. The molecule has 0 atom stereocenters. The molecule has 0 fully saturated rings. The highest BCUT2D eigenvalue weighted by Gasteiger charge is 2.06. The van der Waals surface area contributed by atoms with E-state index in [0.717, 1.165) is 5.56 Å². The molecule has 0 unspecified atom stereocenters. The van der Waals surface area contributed by atoms with E-state index in [9.17, 15) is 4.39 Å². The van der Waals surface area contributed by atoms with Crippen LogP contribution in [-0.2, 0) is 6.54 Å². The quantitative estimate of drug-likeness (QED) is 0.807. The molecule has 4 heteroatoms. The van der Waals surface area contributed by atoms with Crippen molar-refractivity contribution >= 4 is 5.69 Å². The maximum atomic E-state index is 13.3. The Kier molecular flexibility index (Phi) is 2.83. The predicted molar refractivity (Wildman–Crippen MR) is 61.9 cm³/mol. The normalized spacial score (nSPS) is 10.4. The molecule has 0 saturated heterocycles. The van der Waals surface area contributed by atoms with E-state index in [1.165, 1.54) is 12.1 Å². The minimum Gasteiger partial charge on any atom is -0.397 e. The molecule has 0 bridgehead atoms. The van der Waals surface area contributed by atoms with E-state index in [1.807, 2.05) is 0 Å². The largest absolute Gasteiger partial charge is 0.397 e. The highest BCUT2D eigenvalue weighted by Crippen LogP contribution is 2.24. The molecule has 2 aromatic rings. The third kappa shape index (κ3) is 2.01. The van der Waals surface area contributed by atoms with Crippen LogP contribution in [0, 0.1) is 5.82 Å². The Balaban J connectivity index is 2.56. The number of nitrogen functional groups attached to an aromatic ring is 1. The molecule has 0 radical (unpaired) electrons. The Morgan fingerprint density at radius 3 is 2.75 bits per heavy atom. The summed E-state index contributed by atoms with van der Waals surface area (Å²) in [5.41, 5.74) is 13.7. The van der Waals surface area contributed by atoms with Gasteiger partial charge in [-0.2, -0.15) is 0 Å². The summed E-state index contributed by atoms with van der Waals surface area (Å²) >= 11 is 0. The van der Waals surface area contributed by atoms with Crippen LogP contribution in [-0.4, -0.2) is 4.98 Å². The fraction of sp³-hybridized carbons (Fsp3) is 0.0833. The smallest absolute Gasteiger partial charge is 0.124 e. The van der Waals surface area contributed by atoms with E-state index in [2.05, 4.69) is 4.98 Å². The molecule has 0 amide bonds. The topological polar surface area (TPSA) is 64.9 Å². The summed E-state index contributed by atoms with van der Waals surface area (Å²) < 4.78 is 13.3. The van der Waals surface area contributed by atoms with Gasteiger partial charge in [-0.15, -0.1) is 0 Å². The van der Waals surface area contributed by atoms with Crippen molar-refractivity contribution in [2.75, 3.05) is 5.73 Å². The lowest BCUT2D eigenvalue weighted by molar-refractivity contribution is 0.626. The van der Waals surface area contributed by atoms with Gasteiger partial charge in [-0.05, 0) is 35.9 Å². The van der Waals surface area contributed by atoms with Crippen molar-refractivity contribution in [1.82, 2.24) is 4.98 Å². The van der Waals surface area contributed by atoms with Crippen LogP contribution in [0.5, 0.6) is 0 Å². The molecule has 4 N–H and O–H groups in total. The molecule has 2 rings (SSSR count). The Bertz CT molecular complexity index is 511. The van der Waals surface area contributed by atoms with Crippen LogP contribution >= 0.6 is 0 Å². The Morgan fingerprint density at radius 1 is 1.25 bits per heavy atom. The highest BCUT2D eigenvalue weighted by molar-refractivity contribution is 5.72. The summed E-state index contributed by atoms with van der Waals surface area (Å²) in [4.78, 5) is 4.13. The number of benzene rings is 1. The molecular formula is C12H12FN3. The van der Waals surface area contributed by atoms with Gasteiger partial charge in [0.05, 0.1) is 11.4 Å². The van der Waals surface area contributed by atoms with Crippen LogP contribution in [0.2, 0.25) is 0 Å². The van der Waals surface area contributed by atoms with Crippen molar-refractivity contribution in [2.24, 2.45) is 5.73 Å². The van der Waals surface area contributed by atoms with Crippen molar-refractivity contribution < 1.29 is 4.39 Å². The Hall–Kier alpha value is -1.94. The van der Waals surface area contributed by atoms with Gasteiger partial charge in [-0.3, -0.25) is 4.98 Å². The number of hydrogen-bond donors (Lipinski definition) is 2. The van der Waals surface area contributed by atoms with Gasteiger partial charge >= 0.3 is 0 Å². The van der Waals surface area contributed by atoms with Gasteiger partial charge in [-0.25, -0.2) is 4.39 Å². The Morgan fingerprint density at radius 2 is 2.06 bits per heavy atom. The lowest BCUT2D eigenvalue weighted by Crippen LogP contribution is -1.99. The maximum absolute atomic E-state index is 13.3. The zero-order chi connectivity index (χ0) is 11.5. The summed E-state index contributed by atoms with van der Waals surface area (Å²) in [6, 6.07) is 8.07. The number of nitrogens with zero attached hydrogens (tertiary/aromatic N) is 1. The number of pyridine rings is 1.